The van der Waals surface area contributed by atoms with Gasteiger partial charge in [0.1, 0.15) is 17.6 Å². The molecule has 200 valence electrons. The number of methoxy groups -OCH3 is 1. The number of aliphatic hydroxyl groups is 1. The minimum absolute atomic E-state index is 0.0350. The number of benzene rings is 2. The average Bonchev–Trinajstić information content (AvgIpc) is 3.44. The van der Waals surface area contributed by atoms with Gasteiger partial charge in [-0.2, -0.15) is 0 Å². The van der Waals surface area contributed by atoms with E-state index in [1.54, 1.807) is 36.4 Å². The maximum absolute atomic E-state index is 13.4. The number of aliphatic hydroxyl groups excluding tert-OH is 1. The van der Waals surface area contributed by atoms with Crippen LogP contribution in [0, 0.1) is 0 Å². The van der Waals surface area contributed by atoms with Gasteiger partial charge in [0.05, 0.1) is 37.5 Å². The summed E-state index contributed by atoms with van der Waals surface area (Å²) in [5.74, 6) is -1.31. The number of ketones is 1. The molecule has 2 aromatic rings. The third kappa shape index (κ3) is 5.04. The van der Waals surface area contributed by atoms with Gasteiger partial charge in [-0.25, -0.2) is 4.79 Å². The van der Waals surface area contributed by atoms with Gasteiger partial charge < -0.3 is 24.2 Å². The molecule has 3 aliphatic rings. The lowest BCUT2D eigenvalue weighted by molar-refractivity contribution is -0.140. The first-order valence-corrected chi connectivity index (χ1v) is 12.9. The number of hydrogen-bond acceptors (Lipinski definition) is 8. The summed E-state index contributed by atoms with van der Waals surface area (Å²) >= 11 is 0. The fraction of sp³-hybridized carbons (Fsp3) is 0.414. The standard InChI is InChI=1S/C29H32N2O7/c1-18-16-22-17-21(8-9-23(22)38-18)26(32)24-25(19-4-6-20(7-5-19)29(35)36-2)31(28(34)27(24)33)11-3-10-30-12-14-37-15-13-30/h4-9,17-18,25,32H,3,10-16H2,1-2H3/b26-24+/t18-,25-/m0/s1. The number of rotatable bonds is 7. The molecule has 0 saturated carbocycles. The normalized spacial score (nSPS) is 22.8. The Morgan fingerprint density at radius 3 is 2.47 bits per heavy atom. The van der Waals surface area contributed by atoms with Crippen molar-refractivity contribution in [2.45, 2.75) is 31.9 Å². The van der Waals surface area contributed by atoms with E-state index >= 15 is 0 Å². The molecular formula is C29H32N2O7. The molecule has 2 aromatic carbocycles. The zero-order valence-corrected chi connectivity index (χ0v) is 21.6. The van der Waals surface area contributed by atoms with Gasteiger partial charge in [0.25, 0.3) is 11.7 Å². The van der Waals surface area contributed by atoms with Gasteiger partial charge in [-0.05, 0) is 54.8 Å². The third-order valence-electron chi connectivity index (χ3n) is 7.33. The molecule has 3 heterocycles. The first kappa shape index (κ1) is 25.9. The number of nitrogens with zero attached hydrogens (tertiary/aromatic N) is 2. The highest BCUT2D eigenvalue weighted by atomic mass is 16.5. The lowest BCUT2D eigenvalue weighted by Gasteiger charge is -2.29. The molecule has 2 atom stereocenters. The maximum atomic E-state index is 13.4. The summed E-state index contributed by atoms with van der Waals surface area (Å²) in [6.45, 7) is 6.11. The van der Waals surface area contributed by atoms with E-state index in [1.165, 1.54) is 12.0 Å². The molecule has 0 aromatic heterocycles. The molecular weight excluding hydrogens is 488 g/mol. The molecule has 38 heavy (non-hydrogen) atoms. The van der Waals surface area contributed by atoms with Crippen LogP contribution < -0.4 is 4.74 Å². The first-order valence-electron chi connectivity index (χ1n) is 12.9. The second kappa shape index (κ2) is 11.0. The Bertz CT molecular complexity index is 1260. The van der Waals surface area contributed by atoms with Gasteiger partial charge in [0.15, 0.2) is 0 Å². The van der Waals surface area contributed by atoms with Crippen LogP contribution in [0.1, 0.15) is 46.4 Å². The van der Waals surface area contributed by atoms with Crippen LogP contribution in [0.15, 0.2) is 48.0 Å². The van der Waals surface area contributed by atoms with Gasteiger partial charge >= 0.3 is 5.97 Å². The molecule has 2 saturated heterocycles. The largest absolute Gasteiger partial charge is 0.507 e. The minimum Gasteiger partial charge on any atom is -0.507 e. The summed E-state index contributed by atoms with van der Waals surface area (Å²) < 4.78 is 16.0. The fourth-order valence-corrected chi connectivity index (χ4v) is 5.39. The van der Waals surface area contributed by atoms with E-state index in [-0.39, 0.29) is 17.4 Å². The SMILES string of the molecule is COC(=O)c1ccc([C@H]2/C(=C(\O)c3ccc4c(c3)C[C@H](C)O4)C(=O)C(=O)N2CCCN2CCOCC2)cc1. The summed E-state index contributed by atoms with van der Waals surface area (Å²) in [5, 5.41) is 11.4. The molecule has 9 heteroatoms. The van der Waals surface area contributed by atoms with Crippen molar-refractivity contribution in [2.75, 3.05) is 46.5 Å². The van der Waals surface area contributed by atoms with E-state index in [0.29, 0.717) is 49.3 Å². The van der Waals surface area contributed by atoms with E-state index in [9.17, 15) is 19.5 Å². The molecule has 0 radical (unpaired) electrons. The molecule has 1 amide bonds. The molecule has 5 rings (SSSR count). The quantitative estimate of drug-likeness (QED) is 0.257. The van der Waals surface area contributed by atoms with Gasteiger partial charge in [-0.3, -0.25) is 14.5 Å². The van der Waals surface area contributed by atoms with Crippen LogP contribution in [-0.2, 0) is 25.5 Å². The van der Waals surface area contributed by atoms with E-state index in [2.05, 4.69) is 4.90 Å². The number of Topliss-reactive ketones (excluding diaryl/α,β-unsaturated/α-hetero) is 1. The molecule has 2 fully saturated rings. The van der Waals surface area contributed by atoms with Crippen LogP contribution in [0.2, 0.25) is 0 Å². The van der Waals surface area contributed by atoms with E-state index in [0.717, 1.165) is 30.9 Å². The average molecular weight is 521 g/mol. The Morgan fingerprint density at radius 2 is 1.76 bits per heavy atom. The number of morpholine rings is 1. The van der Waals surface area contributed by atoms with Crippen LogP contribution in [0.3, 0.4) is 0 Å². The van der Waals surface area contributed by atoms with Gasteiger partial charge in [0, 0.05) is 38.2 Å². The number of carbonyl (C=O) groups is 3. The summed E-state index contributed by atoms with van der Waals surface area (Å²) in [7, 11) is 1.31. The Balaban J connectivity index is 1.49. The van der Waals surface area contributed by atoms with Crippen molar-refractivity contribution in [1.29, 1.82) is 0 Å². The van der Waals surface area contributed by atoms with Gasteiger partial charge in [0.2, 0.25) is 0 Å². The summed E-state index contributed by atoms with van der Waals surface area (Å²) in [6.07, 6.45) is 1.40. The Hall–Kier alpha value is -3.69. The third-order valence-corrected chi connectivity index (χ3v) is 7.33. The van der Waals surface area contributed by atoms with Crippen LogP contribution in [0.5, 0.6) is 5.75 Å². The second-order valence-electron chi connectivity index (χ2n) is 9.87. The monoisotopic (exact) mass is 520 g/mol. The van der Waals surface area contributed by atoms with Crippen LogP contribution in [-0.4, -0.2) is 85.2 Å². The number of hydrogen-bond donors (Lipinski definition) is 1. The molecule has 9 nitrogen and oxygen atoms in total. The zero-order valence-electron chi connectivity index (χ0n) is 21.6. The molecule has 0 aliphatic carbocycles. The van der Waals surface area contributed by atoms with Gasteiger partial charge in [-0.1, -0.05) is 12.1 Å². The minimum atomic E-state index is -0.783. The fourth-order valence-electron chi connectivity index (χ4n) is 5.39. The lowest BCUT2D eigenvalue weighted by atomic mass is 9.94. The Labute approximate surface area is 221 Å². The topological polar surface area (TPSA) is 106 Å². The summed E-state index contributed by atoms with van der Waals surface area (Å²) in [6, 6.07) is 11.1. The Morgan fingerprint density at radius 1 is 1.05 bits per heavy atom. The first-order chi connectivity index (χ1) is 18.4. The molecule has 0 unspecified atom stereocenters. The van der Waals surface area contributed by atoms with E-state index in [1.807, 2.05) is 13.0 Å². The predicted molar refractivity (Wildman–Crippen MR) is 139 cm³/mol. The second-order valence-corrected chi connectivity index (χ2v) is 9.87. The number of fused-ring (bicyclic) bond motifs is 1. The summed E-state index contributed by atoms with van der Waals surface area (Å²) in [4.78, 5) is 42.4. The lowest BCUT2D eigenvalue weighted by Crippen LogP contribution is -2.39. The van der Waals surface area contributed by atoms with Crippen LogP contribution in [0.4, 0.5) is 0 Å². The number of carbonyl (C=O) groups excluding carboxylic acids is 3. The van der Waals surface area contributed by atoms with Gasteiger partial charge in [-0.15, -0.1) is 0 Å². The molecule has 0 spiro atoms. The van der Waals surface area contributed by atoms with Crippen molar-refractivity contribution < 1.29 is 33.7 Å². The summed E-state index contributed by atoms with van der Waals surface area (Å²) in [5.41, 5.74) is 2.43. The van der Waals surface area contributed by atoms with Crippen molar-refractivity contribution in [3.05, 3.63) is 70.3 Å². The van der Waals surface area contributed by atoms with Crippen molar-refractivity contribution in [3.63, 3.8) is 0 Å². The predicted octanol–water partition coefficient (Wildman–Crippen LogP) is 2.94. The van der Waals surface area contributed by atoms with Crippen LogP contribution in [0.25, 0.3) is 5.76 Å². The zero-order chi connectivity index (χ0) is 26.8. The Kier molecular flexibility index (Phi) is 7.49. The number of esters is 1. The highest BCUT2D eigenvalue weighted by molar-refractivity contribution is 6.46. The van der Waals surface area contributed by atoms with Crippen molar-refractivity contribution in [2.24, 2.45) is 0 Å². The van der Waals surface area contributed by atoms with Crippen molar-refractivity contribution in [1.82, 2.24) is 9.80 Å². The van der Waals surface area contributed by atoms with Crippen molar-refractivity contribution >= 4 is 23.4 Å². The smallest absolute Gasteiger partial charge is 0.337 e. The highest BCUT2D eigenvalue weighted by Gasteiger charge is 2.46. The van der Waals surface area contributed by atoms with Crippen molar-refractivity contribution in [3.8, 4) is 5.75 Å². The highest BCUT2D eigenvalue weighted by Crippen LogP contribution is 2.40. The molecule has 3 aliphatic heterocycles. The van der Waals surface area contributed by atoms with Crippen LogP contribution >= 0.6 is 0 Å². The van der Waals surface area contributed by atoms with E-state index < -0.39 is 23.7 Å². The maximum Gasteiger partial charge on any atom is 0.337 e. The molecule has 1 N–H and O–H groups in total. The number of ether oxygens (including phenoxy) is 3. The number of amides is 1. The number of likely N-dealkylation sites (tertiary alicyclic amines) is 1. The van der Waals surface area contributed by atoms with E-state index in [4.69, 9.17) is 14.2 Å². The molecule has 0 bridgehead atoms.